The van der Waals surface area contributed by atoms with Gasteiger partial charge < -0.3 is 5.32 Å². The minimum absolute atomic E-state index is 0.0486. The van der Waals surface area contributed by atoms with Crippen LogP contribution in [0.15, 0.2) is 12.1 Å². The first kappa shape index (κ1) is 11.7. The summed E-state index contributed by atoms with van der Waals surface area (Å²) < 4.78 is 0. The summed E-state index contributed by atoms with van der Waals surface area (Å²) >= 11 is 5.64. The maximum Gasteiger partial charge on any atom is 0.232 e. The number of amides is 1. The Balaban J connectivity index is 2.11. The van der Waals surface area contributed by atoms with Gasteiger partial charge in [0.1, 0.15) is 0 Å². The Bertz CT molecular complexity index is 539. The maximum atomic E-state index is 12.0. The van der Waals surface area contributed by atoms with E-state index < -0.39 is 0 Å². The van der Waals surface area contributed by atoms with Crippen LogP contribution in [0.25, 0.3) is 0 Å². The molecule has 2 aliphatic rings. The largest absolute Gasteiger partial charge is 0.325 e. The molecule has 0 radical (unpaired) electrons. The number of alkyl halides is 1. The number of benzene rings is 1. The summed E-state index contributed by atoms with van der Waals surface area (Å²) in [5.74, 6) is 0.457. The zero-order valence-corrected chi connectivity index (χ0v) is 10.7. The number of Topliss-reactive ketones (excluding diaryl/α,β-unsaturated/α-hetero) is 1. The Labute approximate surface area is 111 Å². The van der Waals surface area contributed by atoms with Gasteiger partial charge in [-0.15, -0.1) is 11.6 Å². The highest BCUT2D eigenvalue weighted by Crippen LogP contribution is 2.43. The number of carbonyl (C=O) groups excluding carboxylic acids is 2. The molecule has 1 atom stereocenters. The fourth-order valence-electron chi connectivity index (χ4n) is 3.03. The summed E-state index contributed by atoms with van der Waals surface area (Å²) in [6.07, 6.45) is 3.10. The number of carbonyl (C=O) groups is 2. The second kappa shape index (κ2) is 4.39. The number of anilines is 1. The Morgan fingerprint density at radius 3 is 3.06 bits per heavy atom. The van der Waals surface area contributed by atoms with Crippen LogP contribution in [0.2, 0.25) is 0 Å². The third-order valence-corrected chi connectivity index (χ3v) is 4.01. The Hall–Kier alpha value is -1.35. The molecule has 0 fully saturated rings. The van der Waals surface area contributed by atoms with Crippen LogP contribution in [-0.2, 0) is 11.2 Å². The van der Waals surface area contributed by atoms with Crippen molar-refractivity contribution in [2.45, 2.75) is 31.6 Å². The predicted octanol–water partition coefficient (Wildman–Crippen LogP) is 2.87. The molecule has 3 nitrogen and oxygen atoms in total. The monoisotopic (exact) mass is 263 g/mol. The van der Waals surface area contributed by atoms with E-state index in [-0.39, 0.29) is 17.6 Å². The van der Waals surface area contributed by atoms with Crippen LogP contribution < -0.4 is 5.32 Å². The summed E-state index contributed by atoms with van der Waals surface area (Å²) in [6, 6.07) is 3.68. The number of ketones is 1. The summed E-state index contributed by atoms with van der Waals surface area (Å²) in [5.41, 5.74) is 3.78. The summed E-state index contributed by atoms with van der Waals surface area (Å²) in [7, 11) is 0. The van der Waals surface area contributed by atoms with Crippen molar-refractivity contribution in [3.8, 4) is 0 Å². The van der Waals surface area contributed by atoms with Gasteiger partial charge in [0.2, 0.25) is 5.91 Å². The van der Waals surface area contributed by atoms with Gasteiger partial charge in [-0.05, 0) is 42.5 Å². The molecule has 94 valence electrons. The first-order chi connectivity index (χ1) is 8.72. The molecule has 18 heavy (non-hydrogen) atoms. The van der Waals surface area contributed by atoms with Gasteiger partial charge in [-0.2, -0.15) is 0 Å². The number of halogens is 1. The van der Waals surface area contributed by atoms with Crippen molar-refractivity contribution >= 4 is 29.0 Å². The molecule has 1 unspecified atom stereocenters. The molecule has 0 saturated carbocycles. The van der Waals surface area contributed by atoms with Crippen molar-refractivity contribution in [1.82, 2.24) is 0 Å². The van der Waals surface area contributed by atoms with Crippen molar-refractivity contribution in [3.63, 3.8) is 0 Å². The summed E-state index contributed by atoms with van der Waals surface area (Å²) in [6.45, 7) is 0. The van der Waals surface area contributed by atoms with Crippen LogP contribution in [0, 0.1) is 0 Å². The Morgan fingerprint density at radius 1 is 1.44 bits per heavy atom. The van der Waals surface area contributed by atoms with Crippen molar-refractivity contribution in [2.24, 2.45) is 0 Å². The molecule has 1 aromatic rings. The zero-order chi connectivity index (χ0) is 12.7. The van der Waals surface area contributed by atoms with Crippen molar-refractivity contribution in [1.29, 1.82) is 0 Å². The van der Waals surface area contributed by atoms with E-state index in [2.05, 4.69) is 5.32 Å². The lowest BCUT2D eigenvalue weighted by Crippen LogP contribution is -2.17. The number of rotatable bonds is 3. The van der Waals surface area contributed by atoms with Crippen LogP contribution in [0.3, 0.4) is 0 Å². The fourth-order valence-corrected chi connectivity index (χ4v) is 3.20. The van der Waals surface area contributed by atoms with Crippen LogP contribution in [0.4, 0.5) is 5.69 Å². The van der Waals surface area contributed by atoms with Gasteiger partial charge in [0.25, 0.3) is 0 Å². The third kappa shape index (κ3) is 1.65. The molecule has 0 spiro atoms. The van der Waals surface area contributed by atoms with Crippen LogP contribution in [0.1, 0.15) is 46.7 Å². The average molecular weight is 264 g/mol. The molecule has 1 N–H and O–H groups in total. The standard InChI is InChI=1S/C14H14ClNO2/c15-7-6-12(17)8-4-5-11-13-9(8)2-1-3-10(13)14(18)16-11/h4-5,10H,1-3,6-7H2,(H,16,18). The molecule has 1 aliphatic heterocycles. The van der Waals surface area contributed by atoms with E-state index in [4.69, 9.17) is 11.6 Å². The zero-order valence-electron chi connectivity index (χ0n) is 9.96. The van der Waals surface area contributed by atoms with Crippen LogP contribution >= 0.6 is 11.6 Å². The lowest BCUT2D eigenvalue weighted by molar-refractivity contribution is -0.117. The second-order valence-corrected chi connectivity index (χ2v) is 5.23. The molecule has 3 rings (SSSR count). The minimum atomic E-state index is -0.0486. The quantitative estimate of drug-likeness (QED) is 0.673. The molecule has 1 heterocycles. The molecular formula is C14H14ClNO2. The topological polar surface area (TPSA) is 46.2 Å². The van der Waals surface area contributed by atoms with E-state index in [0.29, 0.717) is 12.3 Å². The smallest absolute Gasteiger partial charge is 0.232 e. The van der Waals surface area contributed by atoms with Gasteiger partial charge >= 0.3 is 0 Å². The highest BCUT2D eigenvalue weighted by atomic mass is 35.5. The summed E-state index contributed by atoms with van der Waals surface area (Å²) in [4.78, 5) is 23.9. The average Bonchev–Trinajstić information content (AvgIpc) is 2.69. The lowest BCUT2D eigenvalue weighted by Gasteiger charge is -2.21. The van der Waals surface area contributed by atoms with Gasteiger partial charge in [0.15, 0.2) is 5.78 Å². The van der Waals surface area contributed by atoms with E-state index >= 15 is 0 Å². The predicted molar refractivity (Wildman–Crippen MR) is 70.4 cm³/mol. The lowest BCUT2D eigenvalue weighted by atomic mass is 9.80. The fraction of sp³-hybridized carbons (Fsp3) is 0.429. The molecular weight excluding hydrogens is 250 g/mol. The maximum absolute atomic E-state index is 12.0. The van der Waals surface area contributed by atoms with E-state index in [0.717, 1.165) is 41.6 Å². The van der Waals surface area contributed by atoms with Crippen LogP contribution in [0.5, 0.6) is 0 Å². The van der Waals surface area contributed by atoms with E-state index in [1.165, 1.54) is 0 Å². The van der Waals surface area contributed by atoms with E-state index in [1.54, 1.807) is 0 Å². The molecule has 1 aromatic carbocycles. The summed E-state index contributed by atoms with van der Waals surface area (Å²) in [5, 5.41) is 2.90. The highest BCUT2D eigenvalue weighted by molar-refractivity contribution is 6.19. The highest BCUT2D eigenvalue weighted by Gasteiger charge is 2.36. The molecule has 1 amide bonds. The first-order valence-electron chi connectivity index (χ1n) is 6.28. The van der Waals surface area contributed by atoms with Crippen molar-refractivity contribution in [2.75, 3.05) is 11.2 Å². The first-order valence-corrected chi connectivity index (χ1v) is 6.81. The normalized spacial score (nSPS) is 20.5. The third-order valence-electron chi connectivity index (χ3n) is 3.82. The SMILES string of the molecule is O=C(CCCl)c1ccc2c3c1CCCC3C(=O)N2. The van der Waals surface area contributed by atoms with Gasteiger partial charge in [0, 0.05) is 23.6 Å². The molecule has 0 aromatic heterocycles. The van der Waals surface area contributed by atoms with Gasteiger partial charge in [0.05, 0.1) is 5.92 Å². The van der Waals surface area contributed by atoms with Crippen molar-refractivity contribution < 1.29 is 9.59 Å². The van der Waals surface area contributed by atoms with Crippen LogP contribution in [-0.4, -0.2) is 17.6 Å². The molecule has 4 heteroatoms. The van der Waals surface area contributed by atoms with E-state index in [1.807, 2.05) is 12.1 Å². The number of nitrogens with one attached hydrogen (secondary N) is 1. The van der Waals surface area contributed by atoms with Gasteiger partial charge in [-0.25, -0.2) is 0 Å². The van der Waals surface area contributed by atoms with Gasteiger partial charge in [-0.1, -0.05) is 0 Å². The molecule has 0 saturated heterocycles. The second-order valence-electron chi connectivity index (χ2n) is 4.85. The van der Waals surface area contributed by atoms with Crippen molar-refractivity contribution in [3.05, 3.63) is 28.8 Å². The number of hydrogen-bond donors (Lipinski definition) is 1. The van der Waals surface area contributed by atoms with Gasteiger partial charge in [-0.3, -0.25) is 9.59 Å². The molecule has 0 bridgehead atoms. The number of hydrogen-bond acceptors (Lipinski definition) is 2. The molecule has 1 aliphatic carbocycles. The minimum Gasteiger partial charge on any atom is -0.325 e. The Kier molecular flexibility index (Phi) is 2.86. The Morgan fingerprint density at radius 2 is 2.28 bits per heavy atom. The van der Waals surface area contributed by atoms with E-state index in [9.17, 15) is 9.59 Å².